The van der Waals surface area contributed by atoms with Gasteiger partial charge in [-0.25, -0.2) is 0 Å². The highest BCUT2D eigenvalue weighted by Crippen LogP contribution is 2.24. The summed E-state index contributed by atoms with van der Waals surface area (Å²) in [7, 11) is 0. The molecule has 0 aliphatic heterocycles. The third kappa shape index (κ3) is 30.1. The van der Waals surface area contributed by atoms with Crippen LogP contribution in [0.1, 0.15) is 213 Å². The molecule has 0 aromatic rings. The fourth-order valence-corrected chi connectivity index (χ4v) is 5.77. The van der Waals surface area contributed by atoms with Gasteiger partial charge in [0.15, 0.2) is 0 Å². The molecule has 0 heteroatoms. The van der Waals surface area contributed by atoms with Crippen molar-refractivity contribution < 1.29 is 0 Å². The fourth-order valence-electron chi connectivity index (χ4n) is 5.77. The van der Waals surface area contributed by atoms with Gasteiger partial charge in [0.2, 0.25) is 0 Å². The third-order valence-electron chi connectivity index (χ3n) is 8.29. The van der Waals surface area contributed by atoms with E-state index in [1.54, 1.807) is 0 Å². The van der Waals surface area contributed by atoms with Gasteiger partial charge in [0.05, 0.1) is 0 Å². The minimum Gasteiger partial charge on any atom is -0.0654 e. The normalized spacial score (nSPS) is 12.4. The second-order valence-corrected chi connectivity index (χ2v) is 11.9. The maximum absolute atomic E-state index is 4.10. The molecule has 0 spiro atoms. The fraction of sp³-hybridized carbons (Fsp3) is 0.971. The number of unbranched alkanes of at least 4 members (excludes halogenated alkanes) is 25. The molecule has 1 atom stereocenters. The molecule has 0 aliphatic carbocycles. The topological polar surface area (TPSA) is 0 Å². The van der Waals surface area contributed by atoms with Gasteiger partial charge in [-0.05, 0) is 5.92 Å². The molecule has 0 bridgehead atoms. The van der Waals surface area contributed by atoms with E-state index in [1.165, 1.54) is 193 Å². The van der Waals surface area contributed by atoms with E-state index in [-0.39, 0.29) is 0 Å². The predicted octanol–water partition coefficient (Wildman–Crippen LogP) is 13.6. The Kier molecular flexibility index (Phi) is 32.0. The molecule has 0 fully saturated rings. The van der Waals surface area contributed by atoms with E-state index in [0.717, 1.165) is 12.3 Å². The van der Waals surface area contributed by atoms with Gasteiger partial charge in [0.25, 0.3) is 0 Å². The Morgan fingerprint density at radius 3 is 0.800 bits per heavy atom. The van der Waals surface area contributed by atoms with E-state index in [0.29, 0.717) is 0 Å². The summed E-state index contributed by atoms with van der Waals surface area (Å²) < 4.78 is 0. The Morgan fingerprint density at radius 2 is 0.543 bits per heavy atom. The van der Waals surface area contributed by atoms with Crippen molar-refractivity contribution in [2.75, 3.05) is 0 Å². The van der Waals surface area contributed by atoms with Crippen LogP contribution in [0.2, 0.25) is 0 Å². The molecular weight excluding hydrogens is 420 g/mol. The Bertz CT molecular complexity index is 346. The van der Waals surface area contributed by atoms with Gasteiger partial charge < -0.3 is 0 Å². The van der Waals surface area contributed by atoms with E-state index >= 15 is 0 Å². The zero-order valence-electron chi connectivity index (χ0n) is 25.2. The first-order chi connectivity index (χ1) is 17.3. The summed E-state index contributed by atoms with van der Waals surface area (Å²) in [6.45, 7) is 8.71. The largest absolute Gasteiger partial charge is 0.0654 e. The van der Waals surface area contributed by atoms with Crippen LogP contribution in [0, 0.1) is 12.8 Å². The SMILES string of the molecule is [CH2]CCCC(CCCCCCCCCCCCC)CCCCCCCCCCCCCCCCC. The molecule has 0 aromatic heterocycles. The van der Waals surface area contributed by atoms with Crippen molar-refractivity contribution >= 4 is 0 Å². The van der Waals surface area contributed by atoms with Gasteiger partial charge in [0, 0.05) is 0 Å². The number of hydrogen-bond acceptors (Lipinski definition) is 0. The van der Waals surface area contributed by atoms with Crippen LogP contribution in [0.4, 0.5) is 0 Å². The summed E-state index contributed by atoms with van der Waals surface area (Å²) in [6, 6.07) is 0. The first kappa shape index (κ1) is 35.0. The van der Waals surface area contributed by atoms with Crippen molar-refractivity contribution in [3.8, 4) is 0 Å². The van der Waals surface area contributed by atoms with Crippen LogP contribution in [-0.4, -0.2) is 0 Å². The minimum atomic E-state index is 0.997. The van der Waals surface area contributed by atoms with E-state index in [9.17, 15) is 0 Å². The molecule has 0 N–H and O–H groups in total. The molecule has 35 heavy (non-hydrogen) atoms. The van der Waals surface area contributed by atoms with Crippen molar-refractivity contribution in [1.29, 1.82) is 0 Å². The summed E-state index contributed by atoms with van der Waals surface area (Å²) in [5.41, 5.74) is 0. The average molecular weight is 492 g/mol. The van der Waals surface area contributed by atoms with E-state index in [2.05, 4.69) is 20.8 Å². The van der Waals surface area contributed by atoms with Gasteiger partial charge in [-0.2, -0.15) is 0 Å². The number of rotatable bonds is 31. The van der Waals surface area contributed by atoms with Crippen LogP contribution in [0.25, 0.3) is 0 Å². The van der Waals surface area contributed by atoms with Gasteiger partial charge >= 0.3 is 0 Å². The lowest BCUT2D eigenvalue weighted by Gasteiger charge is -2.16. The van der Waals surface area contributed by atoms with Crippen LogP contribution in [0.15, 0.2) is 0 Å². The van der Waals surface area contributed by atoms with E-state index in [4.69, 9.17) is 0 Å². The Hall–Kier alpha value is 0. The van der Waals surface area contributed by atoms with Crippen molar-refractivity contribution in [2.45, 2.75) is 213 Å². The minimum absolute atomic E-state index is 0.997. The Balaban J connectivity index is 3.46. The lowest BCUT2D eigenvalue weighted by molar-refractivity contribution is 0.372. The van der Waals surface area contributed by atoms with Crippen molar-refractivity contribution in [3.05, 3.63) is 6.92 Å². The average Bonchev–Trinajstić information content (AvgIpc) is 2.87. The standard InChI is InChI=1S/C35H71/c1-4-7-10-12-14-16-18-19-20-21-23-25-27-29-31-34-35(32-9-6-3)33-30-28-26-24-22-17-15-13-11-8-5-2/h35H,3-34H2,1-2H3. The van der Waals surface area contributed by atoms with Gasteiger partial charge in [-0.1, -0.05) is 220 Å². The zero-order valence-corrected chi connectivity index (χ0v) is 25.2. The smallest absolute Gasteiger partial charge is 0.0414 e. The summed E-state index contributed by atoms with van der Waals surface area (Å²) in [5.74, 6) is 0.997. The quantitative estimate of drug-likeness (QED) is 0.0845. The van der Waals surface area contributed by atoms with E-state index < -0.39 is 0 Å². The van der Waals surface area contributed by atoms with Gasteiger partial charge in [-0.15, -0.1) is 0 Å². The molecule has 211 valence electrons. The van der Waals surface area contributed by atoms with Crippen LogP contribution in [0.3, 0.4) is 0 Å². The highest BCUT2D eigenvalue weighted by Gasteiger charge is 2.08. The summed E-state index contributed by atoms with van der Waals surface area (Å²) in [6.07, 6.45) is 45.1. The molecule has 0 aliphatic rings. The maximum Gasteiger partial charge on any atom is -0.0414 e. The van der Waals surface area contributed by atoms with Gasteiger partial charge in [0.1, 0.15) is 0 Å². The molecule has 0 nitrogen and oxygen atoms in total. The van der Waals surface area contributed by atoms with Crippen molar-refractivity contribution in [2.24, 2.45) is 5.92 Å². The molecule has 0 heterocycles. The molecular formula is C35H71. The lowest BCUT2D eigenvalue weighted by atomic mass is 9.90. The molecule has 0 saturated heterocycles. The van der Waals surface area contributed by atoms with Crippen LogP contribution in [0.5, 0.6) is 0 Å². The van der Waals surface area contributed by atoms with Crippen molar-refractivity contribution in [3.63, 3.8) is 0 Å². The molecule has 1 unspecified atom stereocenters. The third-order valence-corrected chi connectivity index (χ3v) is 8.29. The molecule has 0 rings (SSSR count). The monoisotopic (exact) mass is 492 g/mol. The molecule has 0 saturated carbocycles. The Morgan fingerprint density at radius 1 is 0.314 bits per heavy atom. The zero-order chi connectivity index (χ0) is 25.5. The molecule has 1 radical (unpaired) electrons. The second kappa shape index (κ2) is 32.0. The first-order valence-corrected chi connectivity index (χ1v) is 17.1. The predicted molar refractivity (Wildman–Crippen MR) is 163 cm³/mol. The summed E-state index contributed by atoms with van der Waals surface area (Å²) in [5, 5.41) is 0. The second-order valence-electron chi connectivity index (χ2n) is 11.9. The van der Waals surface area contributed by atoms with Crippen LogP contribution >= 0.6 is 0 Å². The maximum atomic E-state index is 4.10. The van der Waals surface area contributed by atoms with Crippen LogP contribution < -0.4 is 0 Å². The molecule has 0 aromatic carbocycles. The highest BCUT2D eigenvalue weighted by atomic mass is 14.1. The van der Waals surface area contributed by atoms with E-state index in [1.807, 2.05) is 0 Å². The summed E-state index contributed by atoms with van der Waals surface area (Å²) >= 11 is 0. The van der Waals surface area contributed by atoms with Crippen molar-refractivity contribution in [1.82, 2.24) is 0 Å². The van der Waals surface area contributed by atoms with Gasteiger partial charge in [-0.3, -0.25) is 0 Å². The van der Waals surface area contributed by atoms with Crippen LogP contribution in [-0.2, 0) is 0 Å². The highest BCUT2D eigenvalue weighted by molar-refractivity contribution is 4.62. The molecule has 0 amide bonds. The lowest BCUT2D eigenvalue weighted by Crippen LogP contribution is -2.01. The Labute approximate surface area is 225 Å². The number of hydrogen-bond donors (Lipinski definition) is 0. The first-order valence-electron chi connectivity index (χ1n) is 17.1. The summed E-state index contributed by atoms with van der Waals surface area (Å²) in [4.78, 5) is 0.